The van der Waals surface area contributed by atoms with Gasteiger partial charge in [-0.15, -0.1) is 0 Å². The minimum absolute atomic E-state index is 0.128. The SMILES string of the molecule is O=C(Nc1ccccc1)OC1C(COP(=O)(O)OP(=O)(O)OP(=O)(O)OP(=O)(O)SC2CCCC2)OC(n2ccc(=O)[nH]c2=O)C1(O)OC(=O)Nc1ccccc1. The molecule has 8 N–H and O–H groups in total. The molecular formula is C28H34N4O20P4S. The molecule has 3 aromatic rings. The van der Waals surface area contributed by atoms with E-state index in [4.69, 9.17) is 18.7 Å². The fraction of sp³-hybridized carbons (Fsp3) is 0.357. The Morgan fingerprint density at radius 3 is 1.95 bits per heavy atom. The van der Waals surface area contributed by atoms with Crippen molar-refractivity contribution in [3.05, 3.63) is 93.8 Å². The number of phosphoric acid groups is 3. The minimum Gasteiger partial charge on any atom is -0.436 e. The number of benzene rings is 2. The van der Waals surface area contributed by atoms with Gasteiger partial charge in [0.2, 0.25) is 12.3 Å². The summed E-state index contributed by atoms with van der Waals surface area (Å²) in [5.74, 6) is -3.28. The number of hydrogen-bond acceptors (Lipinski definition) is 17. The first-order valence-electron chi connectivity index (χ1n) is 16.2. The number of aliphatic hydroxyl groups is 1. The van der Waals surface area contributed by atoms with Crippen molar-refractivity contribution in [2.45, 2.75) is 55.2 Å². The maximum absolute atomic E-state index is 13.1. The molecule has 1 saturated heterocycles. The second-order valence-corrected chi connectivity index (χ2v) is 20.8. The number of rotatable bonds is 16. The molecule has 29 heteroatoms. The summed E-state index contributed by atoms with van der Waals surface area (Å²) in [6.45, 7) is -6.40. The molecule has 8 atom stereocenters. The number of ether oxygens (including phenoxy) is 3. The number of phosphoric ester groups is 1. The maximum Gasteiger partial charge on any atom is 0.490 e. The summed E-state index contributed by atoms with van der Waals surface area (Å²) in [7, 11) is -18.2. The van der Waals surface area contributed by atoms with Crippen molar-refractivity contribution in [3.63, 3.8) is 0 Å². The lowest BCUT2D eigenvalue weighted by Crippen LogP contribution is -2.54. The van der Waals surface area contributed by atoms with E-state index in [1.165, 1.54) is 48.5 Å². The highest BCUT2D eigenvalue weighted by Gasteiger charge is 2.63. The van der Waals surface area contributed by atoms with Gasteiger partial charge in [0.05, 0.1) is 6.61 Å². The van der Waals surface area contributed by atoms with Gasteiger partial charge >= 0.3 is 48.1 Å². The number of aromatic amines is 1. The number of carbonyl (C=O) groups excluding carboxylic acids is 2. The van der Waals surface area contributed by atoms with E-state index >= 15 is 0 Å². The molecule has 2 aromatic carbocycles. The molecule has 0 bridgehead atoms. The second kappa shape index (κ2) is 18.2. The van der Waals surface area contributed by atoms with Crippen LogP contribution in [0, 0.1) is 0 Å². The van der Waals surface area contributed by atoms with Crippen LogP contribution in [0.1, 0.15) is 31.9 Å². The van der Waals surface area contributed by atoms with Crippen LogP contribution in [0.25, 0.3) is 0 Å². The molecule has 2 fully saturated rings. The first-order chi connectivity index (χ1) is 26.6. The van der Waals surface area contributed by atoms with Crippen molar-refractivity contribution in [1.29, 1.82) is 0 Å². The number of H-pyrrole nitrogens is 1. The van der Waals surface area contributed by atoms with Gasteiger partial charge in [-0.25, -0.2) is 32.6 Å². The van der Waals surface area contributed by atoms with Crippen molar-refractivity contribution >= 4 is 65.2 Å². The van der Waals surface area contributed by atoms with E-state index in [0.29, 0.717) is 41.6 Å². The molecule has 1 aliphatic carbocycles. The molecule has 0 spiro atoms. The molecule has 0 radical (unpaired) electrons. The van der Waals surface area contributed by atoms with Crippen LogP contribution in [-0.4, -0.2) is 76.3 Å². The Morgan fingerprint density at radius 1 is 0.825 bits per heavy atom. The van der Waals surface area contributed by atoms with Crippen LogP contribution in [-0.2, 0) is 49.9 Å². The van der Waals surface area contributed by atoms with Gasteiger partial charge in [-0.3, -0.25) is 29.5 Å². The lowest BCUT2D eigenvalue weighted by Gasteiger charge is -2.32. The maximum atomic E-state index is 13.1. The van der Waals surface area contributed by atoms with Gasteiger partial charge in [0.25, 0.3) is 11.3 Å². The number of aromatic nitrogens is 2. The quantitative estimate of drug-likeness (QED) is 0.0739. The van der Waals surface area contributed by atoms with Gasteiger partial charge < -0.3 is 38.9 Å². The van der Waals surface area contributed by atoms with Crippen LogP contribution in [0.3, 0.4) is 0 Å². The molecule has 2 amide bonds. The Bertz CT molecular complexity index is 2230. The van der Waals surface area contributed by atoms with E-state index < -0.39 is 89.8 Å². The number of nitrogens with zero attached hydrogens (tertiary/aromatic N) is 1. The number of amides is 2. The zero-order valence-electron chi connectivity index (χ0n) is 28.8. The number of carbonyl (C=O) groups is 2. The molecule has 24 nitrogen and oxygen atoms in total. The highest BCUT2D eigenvalue weighted by atomic mass is 32.7. The molecule has 1 saturated carbocycles. The molecule has 1 aliphatic heterocycles. The average Bonchev–Trinajstić information content (AvgIpc) is 3.68. The van der Waals surface area contributed by atoms with Crippen LogP contribution in [0.5, 0.6) is 0 Å². The van der Waals surface area contributed by atoms with Crippen LogP contribution >= 0.6 is 41.6 Å². The molecule has 57 heavy (non-hydrogen) atoms. The highest BCUT2D eigenvalue weighted by molar-refractivity contribution is 8.55. The third-order valence-corrected chi connectivity index (χ3v) is 16.4. The molecule has 2 aliphatic rings. The average molecular weight is 903 g/mol. The highest BCUT2D eigenvalue weighted by Crippen LogP contribution is 2.74. The Hall–Kier alpha value is -3.47. The van der Waals surface area contributed by atoms with Crippen LogP contribution in [0.15, 0.2) is 82.5 Å². The van der Waals surface area contributed by atoms with E-state index in [1.54, 1.807) is 12.1 Å². The van der Waals surface area contributed by atoms with E-state index in [9.17, 15) is 62.1 Å². The van der Waals surface area contributed by atoms with Crippen LogP contribution in [0.4, 0.5) is 21.0 Å². The fourth-order valence-corrected chi connectivity index (χ4v) is 13.8. The van der Waals surface area contributed by atoms with Gasteiger partial charge in [-0.1, -0.05) is 49.2 Å². The van der Waals surface area contributed by atoms with E-state index in [0.717, 1.165) is 12.3 Å². The summed E-state index contributed by atoms with van der Waals surface area (Å²) in [5, 5.41) is 16.1. The number of para-hydroxylation sites is 2. The lowest BCUT2D eigenvalue weighted by atomic mass is 10.1. The first-order valence-corrected chi connectivity index (χ1v) is 23.7. The second-order valence-electron chi connectivity index (χ2n) is 11.9. The van der Waals surface area contributed by atoms with Crippen molar-refractivity contribution in [2.75, 3.05) is 17.2 Å². The Kier molecular flexibility index (Phi) is 14.3. The van der Waals surface area contributed by atoms with Gasteiger partial charge in [0.15, 0.2) is 0 Å². The first kappa shape index (κ1) is 44.6. The topological polar surface area (TPSA) is 347 Å². The zero-order valence-corrected chi connectivity index (χ0v) is 33.2. The third-order valence-electron chi connectivity index (χ3n) is 7.64. The summed E-state index contributed by atoms with van der Waals surface area (Å²) in [6.07, 6.45) is -6.35. The van der Waals surface area contributed by atoms with Gasteiger partial charge in [-0.05, 0) is 48.5 Å². The fourth-order valence-electron chi connectivity index (χ4n) is 5.42. The standard InChI is InChI=1S/C28H34N4O20P4S/c33-22-15-16-32(25(34)31-22)24-28(37,49-27(36)30-19-11-5-2-6-12-19)23(48-26(35)29-18-9-3-1-4-10-18)21(47-24)17-46-53(38,39)50-54(40,41)51-55(42,43)52-56(44,45)57-20-13-7-8-14-20/h1-6,9-12,15-16,20-21,23-24,37H,7-8,13-14,17H2,(H,29,35)(H,30,36)(H,38,39)(H,40,41)(H,42,43)(H,44,45)(H,31,33,34). The summed E-state index contributed by atoms with van der Waals surface area (Å²) in [5.41, 5.74) is -1.92. The summed E-state index contributed by atoms with van der Waals surface area (Å²) in [4.78, 5) is 93.2. The molecule has 2 heterocycles. The van der Waals surface area contributed by atoms with E-state index in [-0.39, 0.29) is 11.4 Å². The monoisotopic (exact) mass is 902 g/mol. The third kappa shape index (κ3) is 12.8. The molecule has 1 aromatic heterocycles. The predicted octanol–water partition coefficient (Wildman–Crippen LogP) is 4.13. The lowest BCUT2D eigenvalue weighted by molar-refractivity contribution is -0.243. The summed E-state index contributed by atoms with van der Waals surface area (Å²) < 4.78 is 83.9. The normalized spacial score (nSPS) is 25.2. The minimum atomic E-state index is -6.20. The molecule has 5 rings (SSSR count). The molecule has 8 unspecified atom stereocenters. The number of anilines is 2. The van der Waals surface area contributed by atoms with E-state index in [1.807, 2.05) is 4.98 Å². The van der Waals surface area contributed by atoms with Crippen molar-refractivity contribution in [3.8, 4) is 0 Å². The predicted molar refractivity (Wildman–Crippen MR) is 195 cm³/mol. The van der Waals surface area contributed by atoms with Gasteiger partial charge in [0, 0.05) is 28.9 Å². The Morgan fingerprint density at radius 2 is 1.37 bits per heavy atom. The Balaban J connectivity index is 1.39. The number of nitrogens with one attached hydrogen (secondary N) is 3. The number of hydrogen-bond donors (Lipinski definition) is 8. The zero-order chi connectivity index (χ0) is 41.6. The van der Waals surface area contributed by atoms with Crippen molar-refractivity contribution in [2.24, 2.45) is 0 Å². The van der Waals surface area contributed by atoms with Gasteiger partial charge in [-0.2, -0.15) is 12.9 Å². The summed E-state index contributed by atoms with van der Waals surface area (Å²) >= 11 is 0.293. The molecule has 312 valence electrons. The van der Waals surface area contributed by atoms with E-state index in [2.05, 4.69) is 23.6 Å². The van der Waals surface area contributed by atoms with Crippen LogP contribution in [0.2, 0.25) is 0 Å². The van der Waals surface area contributed by atoms with Crippen LogP contribution < -0.4 is 21.9 Å². The smallest absolute Gasteiger partial charge is 0.436 e. The van der Waals surface area contributed by atoms with Crippen molar-refractivity contribution < 1.29 is 84.2 Å². The molecular weight excluding hydrogens is 868 g/mol. The largest absolute Gasteiger partial charge is 0.490 e. The Labute approximate surface area is 324 Å². The summed E-state index contributed by atoms with van der Waals surface area (Å²) in [6, 6.07) is 15.8. The van der Waals surface area contributed by atoms with Crippen molar-refractivity contribution in [1.82, 2.24) is 9.55 Å². The van der Waals surface area contributed by atoms with Gasteiger partial charge in [0.1, 0.15) is 6.10 Å².